The van der Waals surface area contributed by atoms with Crippen molar-refractivity contribution < 1.29 is 45.5 Å². The molecule has 8 nitrogen and oxygen atoms in total. The number of nitrogens with zero attached hydrogens (tertiary/aromatic N) is 3. The minimum Gasteiger partial charge on any atom is -0.418 e. The van der Waals surface area contributed by atoms with Crippen LogP contribution < -0.4 is 10.1 Å². The third kappa shape index (κ3) is 5.14. The fourth-order valence-corrected chi connectivity index (χ4v) is 4.24. The van der Waals surface area contributed by atoms with Crippen LogP contribution in [0.1, 0.15) is 22.3 Å². The number of halogens is 6. The van der Waals surface area contributed by atoms with Crippen LogP contribution in [0.15, 0.2) is 42.5 Å². The molecule has 0 radical (unpaired) electrons. The summed E-state index contributed by atoms with van der Waals surface area (Å²) in [5.74, 6) is -4.12. The van der Waals surface area contributed by atoms with Crippen molar-refractivity contribution >= 4 is 17.8 Å². The molecule has 0 atom stereocenters. The van der Waals surface area contributed by atoms with Gasteiger partial charge >= 0.3 is 18.3 Å². The molecule has 200 valence electrons. The largest absolute Gasteiger partial charge is 0.491 e. The van der Waals surface area contributed by atoms with Crippen LogP contribution >= 0.6 is 0 Å². The summed E-state index contributed by atoms with van der Waals surface area (Å²) in [5, 5.41) is 12.1. The first-order valence-electron chi connectivity index (χ1n) is 11.0. The molecule has 2 aromatic carbocycles. The van der Waals surface area contributed by atoms with Crippen LogP contribution in [0.4, 0.5) is 26.3 Å². The maximum atomic E-state index is 13.4. The van der Waals surface area contributed by atoms with Crippen molar-refractivity contribution in [2.75, 3.05) is 19.6 Å². The van der Waals surface area contributed by atoms with Gasteiger partial charge in [-0.2, -0.15) is 31.6 Å². The van der Waals surface area contributed by atoms with Gasteiger partial charge in [-0.15, -0.1) is 0 Å². The number of amides is 2. The van der Waals surface area contributed by atoms with Gasteiger partial charge in [0.15, 0.2) is 0 Å². The number of alkyl halides is 6. The van der Waals surface area contributed by atoms with Crippen molar-refractivity contribution in [2.45, 2.75) is 31.0 Å². The molecule has 4 rings (SSSR count). The first kappa shape index (κ1) is 26.9. The number of carbonyl (C=O) groups excluding carboxylic acids is 3. The van der Waals surface area contributed by atoms with E-state index < -0.39 is 53.5 Å². The van der Waals surface area contributed by atoms with Crippen molar-refractivity contribution in [3.63, 3.8) is 0 Å². The predicted molar refractivity (Wildman–Crippen MR) is 116 cm³/mol. The highest BCUT2D eigenvalue weighted by Crippen LogP contribution is 2.33. The lowest BCUT2D eigenvalue weighted by atomic mass is 9.85. The van der Waals surface area contributed by atoms with Crippen molar-refractivity contribution in [1.82, 2.24) is 15.1 Å². The zero-order valence-electron chi connectivity index (χ0n) is 19.3. The Labute approximate surface area is 211 Å². The van der Waals surface area contributed by atoms with Gasteiger partial charge in [0, 0.05) is 26.2 Å². The molecule has 2 fully saturated rings. The molecule has 1 spiro atoms. The lowest BCUT2D eigenvalue weighted by molar-refractivity contribution is -0.189. The lowest BCUT2D eigenvalue weighted by Gasteiger charge is -2.54. The lowest BCUT2D eigenvalue weighted by Crippen LogP contribution is -2.79. The molecule has 0 unspecified atom stereocenters. The minimum absolute atomic E-state index is 0.0938. The van der Waals surface area contributed by atoms with E-state index in [1.165, 1.54) is 28.0 Å². The number of carbonyl (C=O) groups is 3. The number of piperazine rings is 1. The molecule has 2 aromatic rings. The van der Waals surface area contributed by atoms with Gasteiger partial charge in [-0.25, -0.2) is 4.79 Å². The zero-order chi connectivity index (χ0) is 27.9. The predicted octanol–water partition coefficient (Wildman–Crippen LogP) is 2.76. The molecule has 38 heavy (non-hydrogen) atoms. The fraction of sp³-hybridized carbons (Fsp3) is 0.333. The standard InChI is InChI=1S/C24H18F6N4O4/c25-23(26,27)17-5-2-14(3-6-17)10-34-19(35)11-33(20(36)22(34)12-32-13-22)9-15-1-4-16(8-31)18(7-15)38-21(37)24(28,29)30/h1-7,32H,9-13H2. The second-order valence-corrected chi connectivity index (χ2v) is 8.80. The van der Waals surface area contributed by atoms with E-state index in [1.807, 2.05) is 0 Å². The Morgan fingerprint density at radius 2 is 1.63 bits per heavy atom. The van der Waals surface area contributed by atoms with Gasteiger partial charge < -0.3 is 19.9 Å². The summed E-state index contributed by atoms with van der Waals surface area (Å²) >= 11 is 0. The number of ether oxygens (including phenoxy) is 1. The highest BCUT2D eigenvalue weighted by molar-refractivity contribution is 5.99. The van der Waals surface area contributed by atoms with E-state index in [0.717, 1.165) is 24.3 Å². The first-order chi connectivity index (χ1) is 17.7. The maximum Gasteiger partial charge on any atom is 0.491 e. The summed E-state index contributed by atoms with van der Waals surface area (Å²) in [6.45, 7) is -0.554. The summed E-state index contributed by atoms with van der Waals surface area (Å²) in [6.07, 6.45) is -9.82. The number of benzene rings is 2. The number of rotatable bonds is 5. The van der Waals surface area contributed by atoms with E-state index in [0.29, 0.717) is 5.56 Å². The van der Waals surface area contributed by atoms with Crippen molar-refractivity contribution in [1.29, 1.82) is 5.26 Å². The van der Waals surface area contributed by atoms with Gasteiger partial charge in [0.05, 0.1) is 11.1 Å². The van der Waals surface area contributed by atoms with E-state index in [1.54, 1.807) is 6.07 Å². The van der Waals surface area contributed by atoms with Crippen LogP contribution in [-0.4, -0.2) is 58.9 Å². The van der Waals surface area contributed by atoms with E-state index in [9.17, 15) is 40.7 Å². The molecule has 2 aliphatic heterocycles. The van der Waals surface area contributed by atoms with Gasteiger partial charge in [-0.1, -0.05) is 18.2 Å². The maximum absolute atomic E-state index is 13.4. The number of nitriles is 1. The SMILES string of the molecule is N#Cc1ccc(CN2CC(=O)N(Cc3ccc(C(F)(F)F)cc3)C3(CNC3)C2=O)cc1OC(=O)C(F)(F)F. The highest BCUT2D eigenvalue weighted by Gasteiger charge is 2.56. The van der Waals surface area contributed by atoms with Crippen LogP contribution in [0.5, 0.6) is 5.75 Å². The average Bonchev–Trinajstić information content (AvgIpc) is 2.81. The van der Waals surface area contributed by atoms with Crippen molar-refractivity contribution in [3.8, 4) is 11.8 Å². The number of nitrogens with one attached hydrogen (secondary N) is 1. The Hall–Kier alpha value is -4.12. The third-order valence-electron chi connectivity index (χ3n) is 6.26. The molecule has 14 heteroatoms. The van der Waals surface area contributed by atoms with Gasteiger partial charge in [0.1, 0.15) is 23.9 Å². The van der Waals surface area contributed by atoms with Gasteiger partial charge in [-0.3, -0.25) is 9.59 Å². The monoisotopic (exact) mass is 540 g/mol. The molecule has 0 saturated carbocycles. The van der Waals surface area contributed by atoms with Gasteiger partial charge in [0.2, 0.25) is 5.91 Å². The smallest absolute Gasteiger partial charge is 0.418 e. The van der Waals surface area contributed by atoms with Crippen molar-refractivity contribution in [3.05, 3.63) is 64.7 Å². The Morgan fingerprint density at radius 1 is 1.00 bits per heavy atom. The highest BCUT2D eigenvalue weighted by atomic mass is 19.4. The second-order valence-electron chi connectivity index (χ2n) is 8.80. The molecular formula is C24H18F6N4O4. The summed E-state index contributed by atoms with van der Waals surface area (Å²) in [5.41, 5.74) is -1.89. The zero-order valence-corrected chi connectivity index (χ0v) is 19.3. The second kappa shape index (κ2) is 9.64. The molecule has 2 saturated heterocycles. The summed E-state index contributed by atoms with van der Waals surface area (Å²) < 4.78 is 80.8. The van der Waals surface area contributed by atoms with Crippen LogP contribution in [0.2, 0.25) is 0 Å². The quantitative estimate of drug-likeness (QED) is 0.356. The number of esters is 1. The molecular weight excluding hydrogens is 522 g/mol. The van der Waals surface area contributed by atoms with E-state index in [2.05, 4.69) is 10.1 Å². The third-order valence-corrected chi connectivity index (χ3v) is 6.26. The first-order valence-corrected chi connectivity index (χ1v) is 11.0. The molecule has 0 aliphatic carbocycles. The summed E-state index contributed by atoms with van der Waals surface area (Å²) in [6, 6.07) is 9.34. The van der Waals surface area contributed by atoms with E-state index >= 15 is 0 Å². The fourth-order valence-electron chi connectivity index (χ4n) is 4.24. The molecule has 0 bridgehead atoms. The Balaban J connectivity index is 1.54. The van der Waals surface area contributed by atoms with E-state index in [-0.39, 0.29) is 37.3 Å². The topological polar surface area (TPSA) is 103 Å². The molecule has 2 amide bonds. The average molecular weight is 540 g/mol. The number of hydrogen-bond donors (Lipinski definition) is 1. The van der Waals surface area contributed by atoms with E-state index in [4.69, 9.17) is 5.26 Å². The van der Waals surface area contributed by atoms with Crippen molar-refractivity contribution in [2.24, 2.45) is 0 Å². The number of hydrogen-bond acceptors (Lipinski definition) is 6. The molecule has 0 aromatic heterocycles. The molecule has 2 heterocycles. The van der Waals surface area contributed by atoms with Crippen LogP contribution in [-0.2, 0) is 33.6 Å². The van der Waals surface area contributed by atoms with Gasteiger partial charge in [-0.05, 0) is 35.4 Å². The Bertz CT molecular complexity index is 1310. The normalized spacial score (nSPS) is 17.3. The molecule has 1 N–H and O–H groups in total. The Kier molecular flexibility index (Phi) is 6.83. The summed E-state index contributed by atoms with van der Waals surface area (Å²) in [7, 11) is 0. The van der Waals surface area contributed by atoms with Crippen LogP contribution in [0.3, 0.4) is 0 Å². The minimum atomic E-state index is -5.29. The molecule has 2 aliphatic rings. The van der Waals surface area contributed by atoms with Gasteiger partial charge in [0.25, 0.3) is 5.91 Å². The van der Waals surface area contributed by atoms with Crippen LogP contribution in [0.25, 0.3) is 0 Å². The van der Waals surface area contributed by atoms with Crippen LogP contribution in [0, 0.1) is 11.3 Å². The summed E-state index contributed by atoms with van der Waals surface area (Å²) in [4.78, 5) is 40.3. The Morgan fingerprint density at radius 3 is 2.16 bits per heavy atom.